The molecular weight excluding hydrogens is 256 g/mol. The van der Waals surface area contributed by atoms with Crippen molar-refractivity contribution in [2.75, 3.05) is 0 Å². The van der Waals surface area contributed by atoms with E-state index in [2.05, 4.69) is 44.7 Å². The minimum Gasteiger partial charge on any atom is -0.508 e. The predicted octanol–water partition coefficient (Wildman–Crippen LogP) is 5.53. The van der Waals surface area contributed by atoms with Crippen molar-refractivity contribution in [3.63, 3.8) is 0 Å². The summed E-state index contributed by atoms with van der Waals surface area (Å²) in [7, 11) is 0. The number of allylic oxidation sites excluding steroid dienone is 1. The number of rotatable bonds is 4. The Labute approximate surface area is 128 Å². The van der Waals surface area contributed by atoms with Gasteiger partial charge in [0.2, 0.25) is 0 Å². The van der Waals surface area contributed by atoms with Gasteiger partial charge in [-0.3, -0.25) is 0 Å². The maximum absolute atomic E-state index is 10.2. The van der Waals surface area contributed by atoms with Gasteiger partial charge in [0.25, 0.3) is 0 Å². The van der Waals surface area contributed by atoms with Gasteiger partial charge in [0.05, 0.1) is 0 Å². The molecule has 0 aliphatic rings. The molecular formula is C20H24O. The number of hydrogen-bond acceptors (Lipinski definition) is 1. The summed E-state index contributed by atoms with van der Waals surface area (Å²) in [5.74, 6) is 0.891. The molecule has 0 aromatic heterocycles. The Kier molecular flexibility index (Phi) is 4.52. The van der Waals surface area contributed by atoms with Crippen LogP contribution in [0.2, 0.25) is 0 Å². The average Bonchev–Trinajstić information content (AvgIpc) is 2.43. The van der Waals surface area contributed by atoms with E-state index >= 15 is 0 Å². The lowest BCUT2D eigenvalue weighted by molar-refractivity contribution is 0.466. The van der Waals surface area contributed by atoms with Crippen molar-refractivity contribution in [1.29, 1.82) is 0 Å². The largest absolute Gasteiger partial charge is 0.508 e. The highest BCUT2D eigenvalue weighted by atomic mass is 16.3. The molecule has 1 heteroatoms. The van der Waals surface area contributed by atoms with Crippen LogP contribution in [0.15, 0.2) is 54.6 Å². The van der Waals surface area contributed by atoms with E-state index in [1.807, 2.05) is 26.0 Å². The van der Waals surface area contributed by atoms with Crippen LogP contribution in [0.3, 0.4) is 0 Å². The Morgan fingerprint density at radius 2 is 1.57 bits per heavy atom. The minimum absolute atomic E-state index is 0.0334. The van der Waals surface area contributed by atoms with E-state index in [4.69, 9.17) is 0 Å². The Morgan fingerprint density at radius 3 is 2.10 bits per heavy atom. The van der Waals surface area contributed by atoms with Gasteiger partial charge in [-0.15, -0.1) is 0 Å². The van der Waals surface area contributed by atoms with Gasteiger partial charge in [0.15, 0.2) is 0 Å². The first-order chi connectivity index (χ1) is 9.90. The summed E-state index contributed by atoms with van der Waals surface area (Å²) in [6, 6.07) is 14.4. The van der Waals surface area contributed by atoms with Crippen LogP contribution < -0.4 is 0 Å². The number of phenolic OH excluding ortho intramolecular Hbond substituents is 1. The molecule has 0 saturated carbocycles. The minimum atomic E-state index is 0.0334. The van der Waals surface area contributed by atoms with Crippen LogP contribution in [0.5, 0.6) is 5.75 Å². The van der Waals surface area contributed by atoms with Crippen molar-refractivity contribution in [3.05, 3.63) is 76.9 Å². The van der Waals surface area contributed by atoms with Gasteiger partial charge in [-0.1, -0.05) is 68.0 Å². The van der Waals surface area contributed by atoms with E-state index in [0.717, 1.165) is 16.7 Å². The Hall–Kier alpha value is -2.02. The number of phenols is 1. The lowest BCUT2D eigenvalue weighted by Gasteiger charge is -2.20. The third-order valence-corrected chi connectivity index (χ3v) is 3.92. The topological polar surface area (TPSA) is 20.2 Å². The molecule has 1 unspecified atom stereocenters. The fraction of sp³-hybridized carbons (Fsp3) is 0.300. The van der Waals surface area contributed by atoms with Crippen LogP contribution in [-0.4, -0.2) is 5.11 Å². The molecule has 0 bridgehead atoms. The van der Waals surface area contributed by atoms with Crippen LogP contribution in [0.4, 0.5) is 0 Å². The highest BCUT2D eigenvalue weighted by Gasteiger charge is 2.18. The number of benzene rings is 2. The quantitative estimate of drug-likeness (QED) is 0.730. The van der Waals surface area contributed by atoms with Gasteiger partial charge >= 0.3 is 0 Å². The standard InChI is InChI=1S/C20H24O/c1-13(2)16-7-9-17(10-8-16)20(14(3)4)18-12-15(5)6-11-19(18)21/h6-13,20-21H,3H2,1-2,4-5H3. The SMILES string of the molecule is C=C(C)C(c1ccc(C(C)C)cc1)c1cc(C)ccc1O. The highest BCUT2D eigenvalue weighted by molar-refractivity contribution is 5.48. The third-order valence-electron chi connectivity index (χ3n) is 3.92. The molecule has 1 nitrogen and oxygen atoms in total. The van der Waals surface area contributed by atoms with Crippen LogP contribution >= 0.6 is 0 Å². The Morgan fingerprint density at radius 1 is 1.00 bits per heavy atom. The van der Waals surface area contributed by atoms with Crippen LogP contribution in [-0.2, 0) is 0 Å². The van der Waals surface area contributed by atoms with Gasteiger partial charge in [0, 0.05) is 11.5 Å². The number of aromatic hydroxyl groups is 1. The zero-order chi connectivity index (χ0) is 15.6. The zero-order valence-corrected chi connectivity index (χ0v) is 13.4. The van der Waals surface area contributed by atoms with Gasteiger partial charge in [-0.05, 0) is 37.0 Å². The molecule has 0 fully saturated rings. The molecule has 0 aliphatic carbocycles. The van der Waals surface area contributed by atoms with Crippen molar-refractivity contribution in [2.45, 2.75) is 39.5 Å². The molecule has 2 rings (SSSR count). The fourth-order valence-electron chi connectivity index (χ4n) is 2.71. The number of aryl methyl sites for hydroxylation is 1. The molecule has 2 aromatic carbocycles. The normalized spacial score (nSPS) is 12.4. The average molecular weight is 280 g/mol. The second-order valence-corrected chi connectivity index (χ2v) is 6.16. The van der Waals surface area contributed by atoms with E-state index in [-0.39, 0.29) is 5.92 Å². The number of hydrogen-bond donors (Lipinski definition) is 1. The summed E-state index contributed by atoms with van der Waals surface area (Å²) < 4.78 is 0. The van der Waals surface area contributed by atoms with Crippen LogP contribution in [0.1, 0.15) is 54.9 Å². The molecule has 21 heavy (non-hydrogen) atoms. The van der Waals surface area contributed by atoms with Crippen molar-refractivity contribution in [1.82, 2.24) is 0 Å². The molecule has 0 radical (unpaired) electrons. The van der Waals surface area contributed by atoms with E-state index in [9.17, 15) is 5.11 Å². The second-order valence-electron chi connectivity index (χ2n) is 6.16. The maximum atomic E-state index is 10.2. The summed E-state index contributed by atoms with van der Waals surface area (Å²) in [5.41, 5.74) is 5.61. The van der Waals surface area contributed by atoms with Crippen molar-refractivity contribution in [2.24, 2.45) is 0 Å². The first-order valence-electron chi connectivity index (χ1n) is 7.45. The maximum Gasteiger partial charge on any atom is 0.119 e. The zero-order valence-electron chi connectivity index (χ0n) is 13.4. The van der Waals surface area contributed by atoms with Crippen molar-refractivity contribution < 1.29 is 5.11 Å². The molecule has 0 spiro atoms. The van der Waals surface area contributed by atoms with Gasteiger partial charge in [-0.25, -0.2) is 0 Å². The van der Waals surface area contributed by atoms with Crippen LogP contribution in [0, 0.1) is 6.92 Å². The first-order valence-corrected chi connectivity index (χ1v) is 7.45. The lowest BCUT2D eigenvalue weighted by atomic mass is 9.84. The van der Waals surface area contributed by atoms with E-state index in [1.165, 1.54) is 11.1 Å². The van der Waals surface area contributed by atoms with E-state index < -0.39 is 0 Å². The first kappa shape index (κ1) is 15.4. The predicted molar refractivity (Wildman–Crippen MR) is 90.0 cm³/mol. The summed E-state index contributed by atoms with van der Waals surface area (Å²) in [5, 5.41) is 10.2. The second kappa shape index (κ2) is 6.17. The van der Waals surface area contributed by atoms with Crippen LogP contribution in [0.25, 0.3) is 0 Å². The van der Waals surface area contributed by atoms with E-state index in [0.29, 0.717) is 11.7 Å². The summed E-state index contributed by atoms with van der Waals surface area (Å²) >= 11 is 0. The molecule has 110 valence electrons. The van der Waals surface area contributed by atoms with Crippen molar-refractivity contribution in [3.8, 4) is 5.75 Å². The van der Waals surface area contributed by atoms with Gasteiger partial charge in [-0.2, -0.15) is 0 Å². The lowest BCUT2D eigenvalue weighted by Crippen LogP contribution is -2.03. The molecule has 0 saturated heterocycles. The van der Waals surface area contributed by atoms with Gasteiger partial charge < -0.3 is 5.11 Å². The summed E-state index contributed by atoms with van der Waals surface area (Å²) in [6.07, 6.45) is 0. The molecule has 0 aliphatic heterocycles. The monoisotopic (exact) mass is 280 g/mol. The van der Waals surface area contributed by atoms with E-state index in [1.54, 1.807) is 6.07 Å². The summed E-state index contributed by atoms with van der Waals surface area (Å²) in [6.45, 7) is 12.6. The fourth-order valence-corrected chi connectivity index (χ4v) is 2.71. The molecule has 2 aromatic rings. The smallest absolute Gasteiger partial charge is 0.119 e. The molecule has 0 heterocycles. The van der Waals surface area contributed by atoms with Crippen molar-refractivity contribution >= 4 is 0 Å². The third kappa shape index (κ3) is 3.36. The molecule has 1 N–H and O–H groups in total. The highest BCUT2D eigenvalue weighted by Crippen LogP contribution is 2.36. The van der Waals surface area contributed by atoms with Gasteiger partial charge in [0.1, 0.15) is 5.75 Å². The molecule has 0 amide bonds. The summed E-state index contributed by atoms with van der Waals surface area (Å²) in [4.78, 5) is 0. The molecule has 1 atom stereocenters. The Balaban J connectivity index is 2.48. The Bertz CT molecular complexity index is 635.